The largest absolute Gasteiger partial charge is 0.234 e. The van der Waals surface area contributed by atoms with Crippen LogP contribution in [0, 0.1) is 6.92 Å². The Morgan fingerprint density at radius 2 is 1.85 bits per heavy atom. The van der Waals surface area contributed by atoms with E-state index in [1.807, 2.05) is 4.68 Å². The number of rotatable bonds is 1. The molecule has 1 aliphatic rings. The van der Waals surface area contributed by atoms with Gasteiger partial charge in [-0.05, 0) is 13.0 Å². The molecule has 0 radical (unpaired) electrons. The summed E-state index contributed by atoms with van der Waals surface area (Å²) < 4.78 is 1.99. The highest BCUT2D eigenvalue weighted by Gasteiger charge is 2.22. The topological polar surface area (TPSA) is 30.7 Å². The summed E-state index contributed by atoms with van der Waals surface area (Å²) in [6.07, 6.45) is 0. The van der Waals surface area contributed by atoms with E-state index in [-0.39, 0.29) is 0 Å². The lowest BCUT2D eigenvalue weighted by molar-refractivity contribution is 0.702. The molecule has 98 valence electrons. The van der Waals surface area contributed by atoms with Crippen molar-refractivity contribution in [2.45, 2.75) is 17.7 Å². The number of aromatic nitrogens is 3. The first-order valence-electron chi connectivity index (χ1n) is 6.55. The highest BCUT2D eigenvalue weighted by atomic mass is 32.2. The molecule has 0 bridgehead atoms. The van der Waals surface area contributed by atoms with Gasteiger partial charge in [-0.2, -0.15) is 0 Å². The Morgan fingerprint density at radius 1 is 1.05 bits per heavy atom. The quantitative estimate of drug-likeness (QED) is 0.675. The van der Waals surface area contributed by atoms with Gasteiger partial charge in [-0.3, -0.25) is 0 Å². The number of fused-ring (bicyclic) bond motifs is 3. The van der Waals surface area contributed by atoms with Crippen molar-refractivity contribution >= 4 is 11.8 Å². The number of aryl methyl sites for hydroxylation is 1. The number of nitrogens with zero attached hydrogens (tertiary/aromatic N) is 3. The van der Waals surface area contributed by atoms with Gasteiger partial charge in [0, 0.05) is 16.0 Å². The van der Waals surface area contributed by atoms with Gasteiger partial charge in [-0.25, -0.2) is 4.68 Å². The molecule has 20 heavy (non-hydrogen) atoms. The third-order valence-corrected chi connectivity index (χ3v) is 4.59. The third kappa shape index (κ3) is 1.76. The van der Waals surface area contributed by atoms with Crippen LogP contribution in [0.5, 0.6) is 0 Å². The second-order valence-corrected chi connectivity index (χ2v) is 5.91. The van der Waals surface area contributed by atoms with Crippen LogP contribution in [0.2, 0.25) is 0 Å². The van der Waals surface area contributed by atoms with Crippen LogP contribution in [-0.2, 0) is 5.88 Å². The summed E-state index contributed by atoms with van der Waals surface area (Å²) in [7, 11) is 0. The lowest BCUT2D eigenvalue weighted by Crippen LogP contribution is -2.05. The van der Waals surface area contributed by atoms with Gasteiger partial charge in [-0.15, -0.1) is 16.9 Å². The zero-order chi connectivity index (χ0) is 13.5. The molecule has 3 nitrogen and oxygen atoms in total. The zero-order valence-corrected chi connectivity index (χ0v) is 11.9. The highest BCUT2D eigenvalue weighted by Crippen LogP contribution is 2.41. The van der Waals surface area contributed by atoms with Crippen LogP contribution < -0.4 is 0 Å². The molecule has 4 rings (SSSR count). The minimum Gasteiger partial charge on any atom is -0.234 e. The van der Waals surface area contributed by atoms with Crippen molar-refractivity contribution in [1.82, 2.24) is 15.0 Å². The molecular formula is C16H13N3S. The number of benzene rings is 2. The van der Waals surface area contributed by atoms with Crippen molar-refractivity contribution in [3.8, 4) is 22.5 Å². The van der Waals surface area contributed by atoms with Gasteiger partial charge in [0.2, 0.25) is 0 Å². The molecule has 2 aromatic carbocycles. The van der Waals surface area contributed by atoms with Gasteiger partial charge in [0.05, 0.1) is 11.6 Å². The first-order chi connectivity index (χ1) is 9.83. The van der Waals surface area contributed by atoms with E-state index in [9.17, 15) is 0 Å². The molecule has 0 aliphatic carbocycles. The predicted octanol–water partition coefficient (Wildman–Crippen LogP) is 3.98. The normalized spacial score (nSPS) is 12.8. The summed E-state index contributed by atoms with van der Waals surface area (Å²) in [5.41, 5.74) is 5.70. The summed E-state index contributed by atoms with van der Waals surface area (Å²) in [6, 6.07) is 16.9. The monoisotopic (exact) mass is 279 g/mol. The maximum atomic E-state index is 4.40. The number of hydrogen-bond donors (Lipinski definition) is 0. The van der Waals surface area contributed by atoms with Crippen molar-refractivity contribution in [2.75, 3.05) is 0 Å². The molecular weight excluding hydrogens is 266 g/mol. The van der Waals surface area contributed by atoms with E-state index in [0.717, 1.165) is 22.8 Å². The molecule has 0 fully saturated rings. The molecule has 2 heterocycles. The fourth-order valence-electron chi connectivity index (χ4n) is 2.49. The standard InChI is InChI=1S/C16H13N3S/c1-11-6-8-12(9-7-11)15-16-13-4-2-3-5-14(13)20-10-19(16)18-17-15/h2-9H,10H2,1H3. The van der Waals surface area contributed by atoms with Crippen molar-refractivity contribution in [2.24, 2.45) is 0 Å². The number of hydrogen-bond acceptors (Lipinski definition) is 3. The lowest BCUT2D eigenvalue weighted by Gasteiger charge is -2.17. The summed E-state index contributed by atoms with van der Waals surface area (Å²) in [6.45, 7) is 2.09. The molecule has 0 spiro atoms. The Morgan fingerprint density at radius 3 is 2.70 bits per heavy atom. The van der Waals surface area contributed by atoms with Crippen LogP contribution in [0.1, 0.15) is 5.56 Å². The van der Waals surface area contributed by atoms with Crippen LogP contribution in [0.4, 0.5) is 0 Å². The Hall–Kier alpha value is -2.07. The van der Waals surface area contributed by atoms with E-state index in [0.29, 0.717) is 0 Å². The van der Waals surface area contributed by atoms with Gasteiger partial charge in [0.25, 0.3) is 0 Å². The lowest BCUT2D eigenvalue weighted by atomic mass is 10.0. The van der Waals surface area contributed by atoms with Crippen molar-refractivity contribution in [3.05, 3.63) is 54.1 Å². The maximum Gasteiger partial charge on any atom is 0.121 e. The fraction of sp³-hybridized carbons (Fsp3) is 0.125. The Balaban J connectivity index is 1.93. The van der Waals surface area contributed by atoms with Gasteiger partial charge in [-0.1, -0.05) is 53.2 Å². The number of thioether (sulfide) groups is 1. The van der Waals surface area contributed by atoms with E-state index < -0.39 is 0 Å². The van der Waals surface area contributed by atoms with Crippen LogP contribution in [-0.4, -0.2) is 15.0 Å². The van der Waals surface area contributed by atoms with Gasteiger partial charge in [0.1, 0.15) is 5.69 Å². The molecule has 3 aromatic rings. The summed E-state index contributed by atoms with van der Waals surface area (Å²) >= 11 is 1.80. The van der Waals surface area contributed by atoms with E-state index in [1.165, 1.54) is 16.0 Å². The minimum absolute atomic E-state index is 0.825. The van der Waals surface area contributed by atoms with Gasteiger partial charge < -0.3 is 0 Å². The average molecular weight is 279 g/mol. The van der Waals surface area contributed by atoms with Gasteiger partial charge >= 0.3 is 0 Å². The first kappa shape index (κ1) is 11.7. The zero-order valence-electron chi connectivity index (χ0n) is 11.1. The molecule has 1 aromatic heterocycles. The molecule has 0 N–H and O–H groups in total. The minimum atomic E-state index is 0.825. The molecule has 1 aliphatic heterocycles. The van der Waals surface area contributed by atoms with E-state index in [4.69, 9.17) is 0 Å². The van der Waals surface area contributed by atoms with Crippen LogP contribution in [0.3, 0.4) is 0 Å². The van der Waals surface area contributed by atoms with Crippen molar-refractivity contribution in [3.63, 3.8) is 0 Å². The maximum absolute atomic E-state index is 4.40. The summed E-state index contributed by atoms with van der Waals surface area (Å²) in [4.78, 5) is 1.30. The molecule has 0 saturated heterocycles. The van der Waals surface area contributed by atoms with Crippen molar-refractivity contribution < 1.29 is 0 Å². The Labute approximate surface area is 121 Å². The summed E-state index contributed by atoms with van der Waals surface area (Å²) in [5, 5.41) is 8.70. The second kappa shape index (κ2) is 4.49. The van der Waals surface area contributed by atoms with Crippen LogP contribution in [0.15, 0.2) is 53.4 Å². The smallest absolute Gasteiger partial charge is 0.121 e. The Kier molecular flexibility index (Phi) is 2.63. The van der Waals surface area contributed by atoms with Gasteiger partial charge in [0.15, 0.2) is 0 Å². The third-order valence-electron chi connectivity index (χ3n) is 3.54. The molecule has 0 unspecified atom stereocenters. The van der Waals surface area contributed by atoms with E-state index in [2.05, 4.69) is 65.8 Å². The van der Waals surface area contributed by atoms with Crippen LogP contribution in [0.25, 0.3) is 22.5 Å². The highest BCUT2D eigenvalue weighted by molar-refractivity contribution is 7.98. The van der Waals surface area contributed by atoms with E-state index in [1.54, 1.807) is 11.8 Å². The molecule has 0 saturated carbocycles. The second-order valence-electron chi connectivity index (χ2n) is 4.92. The Bertz CT molecular complexity index is 775. The predicted molar refractivity (Wildman–Crippen MR) is 81.5 cm³/mol. The summed E-state index contributed by atoms with van der Waals surface area (Å²) in [5.74, 6) is 0.825. The molecule has 0 amide bonds. The van der Waals surface area contributed by atoms with E-state index >= 15 is 0 Å². The molecule has 4 heteroatoms. The molecule has 0 atom stereocenters. The first-order valence-corrected chi connectivity index (χ1v) is 7.54. The average Bonchev–Trinajstić information content (AvgIpc) is 2.92. The fourth-order valence-corrected chi connectivity index (χ4v) is 3.43. The van der Waals surface area contributed by atoms with Crippen LogP contribution >= 0.6 is 11.8 Å². The van der Waals surface area contributed by atoms with Crippen molar-refractivity contribution in [1.29, 1.82) is 0 Å². The SMILES string of the molecule is Cc1ccc(-c2nnn3c2-c2ccccc2SC3)cc1.